The Kier molecular flexibility index (Phi) is 6.51. The van der Waals surface area contributed by atoms with Gasteiger partial charge in [0, 0.05) is 19.3 Å². The number of aliphatic hydroxyl groups is 1. The van der Waals surface area contributed by atoms with Gasteiger partial charge in [-0.05, 0) is 13.0 Å². The van der Waals surface area contributed by atoms with Crippen LogP contribution in [0.5, 0.6) is 0 Å². The Balaban J connectivity index is 0.00000106. The second kappa shape index (κ2) is 7.39. The maximum absolute atomic E-state index is 11.3. The minimum absolute atomic E-state index is 0.0531. The summed E-state index contributed by atoms with van der Waals surface area (Å²) in [5.74, 6) is 0.133. The van der Waals surface area contributed by atoms with E-state index >= 15 is 0 Å². The van der Waals surface area contributed by atoms with Crippen molar-refractivity contribution in [2.75, 3.05) is 7.05 Å². The summed E-state index contributed by atoms with van der Waals surface area (Å²) in [7, 11) is 1.54. The van der Waals surface area contributed by atoms with Crippen LogP contribution in [0.1, 0.15) is 26.6 Å². The second-order valence-electron chi connectivity index (χ2n) is 2.52. The van der Waals surface area contributed by atoms with Gasteiger partial charge in [0.2, 0.25) is 0 Å². The van der Waals surface area contributed by atoms with Crippen molar-refractivity contribution >= 4 is 12.1 Å². The van der Waals surface area contributed by atoms with Crippen LogP contribution in [0.15, 0.2) is 28.1 Å². The van der Waals surface area contributed by atoms with Gasteiger partial charge < -0.3 is 5.11 Å². The maximum atomic E-state index is 11.3. The number of hydrogen-bond acceptors (Lipinski definition) is 4. The van der Waals surface area contributed by atoms with Gasteiger partial charge in [-0.25, -0.2) is 9.55 Å². The van der Waals surface area contributed by atoms with E-state index in [4.69, 9.17) is 0 Å². The van der Waals surface area contributed by atoms with Crippen LogP contribution in [-0.2, 0) is 0 Å². The molecule has 88 valence electrons. The monoisotopic (exact) mass is 223 g/mol. The third-order valence-corrected chi connectivity index (χ3v) is 1.61. The highest BCUT2D eigenvalue weighted by Crippen LogP contribution is 2.03. The Morgan fingerprint density at radius 3 is 2.69 bits per heavy atom. The summed E-state index contributed by atoms with van der Waals surface area (Å²) in [4.78, 5) is 18.9. The summed E-state index contributed by atoms with van der Waals surface area (Å²) in [5, 5.41) is 9.44. The van der Waals surface area contributed by atoms with Gasteiger partial charge in [-0.3, -0.25) is 9.79 Å². The number of aromatic nitrogens is 2. The molecule has 0 atom stereocenters. The van der Waals surface area contributed by atoms with E-state index in [1.54, 1.807) is 6.92 Å². The number of aliphatic hydroxyl groups excluding tert-OH is 1. The molecule has 0 saturated heterocycles. The van der Waals surface area contributed by atoms with Crippen molar-refractivity contribution in [1.29, 1.82) is 0 Å². The van der Waals surface area contributed by atoms with E-state index in [0.29, 0.717) is 0 Å². The van der Waals surface area contributed by atoms with Gasteiger partial charge in [-0.2, -0.15) is 0 Å². The Hall–Kier alpha value is -1.91. The van der Waals surface area contributed by atoms with Gasteiger partial charge in [-0.15, -0.1) is 0 Å². The Bertz CT molecular complexity index is 433. The molecule has 0 unspecified atom stereocenters. The van der Waals surface area contributed by atoms with E-state index in [1.165, 1.54) is 36.3 Å². The highest BCUT2D eigenvalue weighted by Gasteiger charge is 2.05. The van der Waals surface area contributed by atoms with Crippen molar-refractivity contribution in [3.63, 3.8) is 0 Å². The van der Waals surface area contributed by atoms with E-state index in [1.807, 2.05) is 13.8 Å². The number of nitrogens with zero attached hydrogens (tertiary/aromatic N) is 3. The number of rotatable bonds is 2. The molecule has 0 aliphatic rings. The molecule has 1 aromatic heterocycles. The molecule has 0 aliphatic heterocycles. The molecular weight excluding hydrogens is 206 g/mol. The van der Waals surface area contributed by atoms with E-state index < -0.39 is 0 Å². The average molecular weight is 223 g/mol. The number of allylic oxidation sites excluding steroid dienone is 1. The summed E-state index contributed by atoms with van der Waals surface area (Å²) < 4.78 is 1.18. The van der Waals surface area contributed by atoms with Crippen LogP contribution < -0.4 is 5.56 Å². The summed E-state index contributed by atoms with van der Waals surface area (Å²) in [5.41, 5.74) is -0.283. The first kappa shape index (κ1) is 14.1. The fraction of sp³-hybridized carbons (Fsp3) is 0.364. The Morgan fingerprint density at radius 1 is 1.56 bits per heavy atom. The predicted molar refractivity (Wildman–Crippen MR) is 65.9 cm³/mol. The molecule has 5 nitrogen and oxygen atoms in total. The molecule has 1 aromatic rings. The number of hydrogen-bond donors (Lipinski definition) is 1. The van der Waals surface area contributed by atoms with Crippen molar-refractivity contribution in [2.24, 2.45) is 4.99 Å². The Morgan fingerprint density at radius 2 is 2.19 bits per heavy atom. The van der Waals surface area contributed by atoms with Crippen molar-refractivity contribution in [3.8, 4) is 0 Å². The SMILES string of the molecule is C/C=C(/O)c1nccc(=O)n1C=NC.CC. The fourth-order valence-corrected chi connectivity index (χ4v) is 0.964. The summed E-state index contributed by atoms with van der Waals surface area (Å²) >= 11 is 0. The first-order valence-electron chi connectivity index (χ1n) is 5.06. The molecule has 0 amide bonds. The molecule has 0 radical (unpaired) electrons. The summed E-state index contributed by atoms with van der Waals surface area (Å²) in [6.45, 7) is 5.65. The number of aliphatic imine (C=N–C) groups is 1. The van der Waals surface area contributed by atoms with Crippen LogP contribution in [0.25, 0.3) is 5.76 Å². The van der Waals surface area contributed by atoms with Crippen LogP contribution in [-0.4, -0.2) is 28.0 Å². The van der Waals surface area contributed by atoms with Crippen LogP contribution in [0.2, 0.25) is 0 Å². The predicted octanol–water partition coefficient (Wildman–Crippen LogP) is 1.69. The first-order chi connectivity index (χ1) is 7.70. The zero-order valence-corrected chi connectivity index (χ0v) is 10.0. The van der Waals surface area contributed by atoms with E-state index in [2.05, 4.69) is 9.98 Å². The van der Waals surface area contributed by atoms with Crippen molar-refractivity contribution in [2.45, 2.75) is 20.8 Å². The Labute approximate surface area is 94.8 Å². The van der Waals surface area contributed by atoms with Gasteiger partial charge in [0.15, 0.2) is 11.6 Å². The molecule has 1 heterocycles. The van der Waals surface area contributed by atoms with Crippen LogP contribution >= 0.6 is 0 Å². The molecule has 1 N–H and O–H groups in total. The van der Waals surface area contributed by atoms with E-state index in [0.717, 1.165) is 0 Å². The molecule has 0 spiro atoms. The summed E-state index contributed by atoms with van der Waals surface area (Å²) in [6, 6.07) is 1.30. The normalized spacial score (nSPS) is 11.1. The molecule has 0 bridgehead atoms. The third-order valence-electron chi connectivity index (χ3n) is 1.61. The largest absolute Gasteiger partial charge is 0.504 e. The van der Waals surface area contributed by atoms with Crippen LogP contribution in [0, 0.1) is 0 Å². The molecule has 0 aromatic carbocycles. The van der Waals surface area contributed by atoms with Gasteiger partial charge in [0.1, 0.15) is 0 Å². The molecule has 1 rings (SSSR count). The van der Waals surface area contributed by atoms with Crippen LogP contribution in [0.3, 0.4) is 0 Å². The summed E-state index contributed by atoms with van der Waals surface area (Å²) in [6.07, 6.45) is 4.11. The molecule has 5 heteroatoms. The lowest BCUT2D eigenvalue weighted by Crippen LogP contribution is -2.23. The van der Waals surface area contributed by atoms with E-state index in [9.17, 15) is 9.90 Å². The van der Waals surface area contributed by atoms with Crippen molar-refractivity contribution < 1.29 is 5.11 Å². The second-order valence-corrected chi connectivity index (χ2v) is 2.52. The minimum Gasteiger partial charge on any atom is -0.504 e. The van der Waals surface area contributed by atoms with Crippen molar-refractivity contribution in [3.05, 3.63) is 34.5 Å². The minimum atomic E-state index is -0.283. The average Bonchev–Trinajstić information content (AvgIpc) is 2.33. The highest BCUT2D eigenvalue weighted by molar-refractivity contribution is 5.65. The topological polar surface area (TPSA) is 67.5 Å². The first-order valence-corrected chi connectivity index (χ1v) is 5.06. The van der Waals surface area contributed by atoms with Crippen molar-refractivity contribution in [1.82, 2.24) is 9.55 Å². The third kappa shape index (κ3) is 3.34. The van der Waals surface area contributed by atoms with Gasteiger partial charge in [0.25, 0.3) is 5.56 Å². The lowest BCUT2D eigenvalue weighted by atomic mass is 10.4. The molecule has 0 aliphatic carbocycles. The standard InChI is InChI=1S/C9H11N3O2.C2H6/c1-3-7(13)9-11-5-4-8(14)12(9)6-10-2;1-2/h3-6,13H,1-2H3;1-2H3/b7-3+,10-6?;. The van der Waals surface area contributed by atoms with Crippen LogP contribution in [0.4, 0.5) is 0 Å². The smallest absolute Gasteiger partial charge is 0.259 e. The lowest BCUT2D eigenvalue weighted by Gasteiger charge is -2.04. The van der Waals surface area contributed by atoms with E-state index in [-0.39, 0.29) is 17.1 Å². The highest BCUT2D eigenvalue weighted by atomic mass is 16.3. The van der Waals surface area contributed by atoms with Gasteiger partial charge >= 0.3 is 0 Å². The van der Waals surface area contributed by atoms with Gasteiger partial charge in [0.05, 0.1) is 6.34 Å². The lowest BCUT2D eigenvalue weighted by molar-refractivity contribution is 0.501. The fourth-order valence-electron chi connectivity index (χ4n) is 0.964. The maximum Gasteiger partial charge on any atom is 0.259 e. The molecule has 0 saturated carbocycles. The van der Waals surface area contributed by atoms with Gasteiger partial charge in [-0.1, -0.05) is 13.8 Å². The zero-order valence-electron chi connectivity index (χ0n) is 10.0. The quantitative estimate of drug-likeness (QED) is 0.471. The zero-order chi connectivity index (χ0) is 12.6. The molecule has 0 fully saturated rings. The molecule has 16 heavy (non-hydrogen) atoms. The molecular formula is C11H17N3O2.